The highest BCUT2D eigenvalue weighted by Gasteiger charge is 2.31. The highest BCUT2D eigenvalue weighted by Crippen LogP contribution is 2.24. The summed E-state index contributed by atoms with van der Waals surface area (Å²) >= 11 is 5.90. The van der Waals surface area contributed by atoms with Crippen molar-refractivity contribution in [1.29, 1.82) is 0 Å². The van der Waals surface area contributed by atoms with Crippen LogP contribution in [0, 0.1) is 13.8 Å². The molecule has 29 heavy (non-hydrogen) atoms. The third-order valence-electron chi connectivity index (χ3n) is 4.40. The van der Waals surface area contributed by atoms with Gasteiger partial charge in [-0.2, -0.15) is 0 Å². The van der Waals surface area contributed by atoms with Gasteiger partial charge in [-0.25, -0.2) is 8.42 Å². The molecule has 0 fully saturated rings. The summed E-state index contributed by atoms with van der Waals surface area (Å²) in [5.41, 5.74) is 2.57. The summed E-state index contributed by atoms with van der Waals surface area (Å²) in [5.74, 6) is 0.382. The summed E-state index contributed by atoms with van der Waals surface area (Å²) in [7, 11) is -3.67. The minimum atomic E-state index is -3.67. The molecule has 1 N–H and O–H groups in total. The Kier molecular flexibility index (Phi) is 7.93. The monoisotopic (exact) mass is 438 g/mol. The lowest BCUT2D eigenvalue weighted by Crippen LogP contribution is -2.50. The zero-order valence-electron chi connectivity index (χ0n) is 17.1. The van der Waals surface area contributed by atoms with Crippen molar-refractivity contribution in [3.8, 4) is 5.75 Å². The number of benzene rings is 2. The average Bonchev–Trinajstić information content (AvgIpc) is 2.64. The van der Waals surface area contributed by atoms with Crippen LogP contribution in [0.1, 0.15) is 24.5 Å². The van der Waals surface area contributed by atoms with Crippen LogP contribution in [0.15, 0.2) is 42.5 Å². The first-order valence-corrected chi connectivity index (χ1v) is 11.6. The van der Waals surface area contributed by atoms with Crippen LogP contribution < -0.4 is 14.4 Å². The van der Waals surface area contributed by atoms with E-state index in [1.54, 1.807) is 31.2 Å². The molecule has 0 aliphatic carbocycles. The maximum Gasteiger partial charge on any atom is 0.244 e. The van der Waals surface area contributed by atoms with Gasteiger partial charge in [0, 0.05) is 5.02 Å². The van der Waals surface area contributed by atoms with Crippen molar-refractivity contribution in [2.45, 2.75) is 33.2 Å². The third-order valence-corrected chi connectivity index (χ3v) is 5.83. The molecule has 0 radical (unpaired) electrons. The van der Waals surface area contributed by atoms with Crippen LogP contribution in [-0.4, -0.2) is 39.8 Å². The lowest BCUT2D eigenvalue weighted by molar-refractivity contribution is -0.122. The zero-order chi connectivity index (χ0) is 21.6. The first-order chi connectivity index (χ1) is 13.6. The second-order valence-electron chi connectivity index (χ2n) is 6.87. The highest BCUT2D eigenvalue weighted by atomic mass is 35.5. The molecule has 1 amide bonds. The highest BCUT2D eigenvalue weighted by molar-refractivity contribution is 7.92. The second kappa shape index (κ2) is 9.98. The van der Waals surface area contributed by atoms with E-state index in [0.717, 1.165) is 27.4 Å². The van der Waals surface area contributed by atoms with E-state index in [9.17, 15) is 13.2 Å². The standard InChI is InChI=1S/C21H27ClN2O4S/c1-5-19(24(29(4,26)27)18-9-7-17(22)8-10-18)21(25)23-12-13-28-20-11-6-15(2)14-16(20)3/h6-11,14,19H,5,12-13H2,1-4H3,(H,23,25). The van der Waals surface area contributed by atoms with Gasteiger partial charge in [0.05, 0.1) is 18.5 Å². The van der Waals surface area contributed by atoms with Crippen molar-refractivity contribution in [2.24, 2.45) is 0 Å². The van der Waals surface area contributed by atoms with Crippen LogP contribution in [0.2, 0.25) is 5.02 Å². The van der Waals surface area contributed by atoms with E-state index >= 15 is 0 Å². The Labute approximate surface area is 177 Å². The zero-order valence-corrected chi connectivity index (χ0v) is 18.7. The number of hydrogen-bond donors (Lipinski definition) is 1. The molecular weight excluding hydrogens is 412 g/mol. The molecule has 1 atom stereocenters. The van der Waals surface area contributed by atoms with Crippen LogP contribution in [0.25, 0.3) is 0 Å². The number of anilines is 1. The van der Waals surface area contributed by atoms with E-state index in [0.29, 0.717) is 17.1 Å². The van der Waals surface area contributed by atoms with Gasteiger partial charge < -0.3 is 10.1 Å². The minimum absolute atomic E-state index is 0.265. The maximum absolute atomic E-state index is 12.7. The predicted molar refractivity (Wildman–Crippen MR) is 117 cm³/mol. The Morgan fingerprint density at radius 2 is 1.83 bits per heavy atom. The maximum atomic E-state index is 12.7. The number of nitrogens with zero attached hydrogens (tertiary/aromatic N) is 1. The molecule has 0 heterocycles. The van der Waals surface area contributed by atoms with Crippen LogP contribution in [0.4, 0.5) is 5.69 Å². The number of carbonyl (C=O) groups is 1. The quantitative estimate of drug-likeness (QED) is 0.606. The summed E-state index contributed by atoms with van der Waals surface area (Å²) in [4.78, 5) is 12.7. The van der Waals surface area contributed by atoms with Crippen molar-refractivity contribution in [3.63, 3.8) is 0 Å². The number of sulfonamides is 1. The number of hydrogen-bond acceptors (Lipinski definition) is 4. The Hall–Kier alpha value is -2.25. The normalized spacial score (nSPS) is 12.3. The Morgan fingerprint density at radius 3 is 2.38 bits per heavy atom. The lowest BCUT2D eigenvalue weighted by Gasteiger charge is -2.30. The fourth-order valence-corrected chi connectivity index (χ4v) is 4.40. The van der Waals surface area contributed by atoms with E-state index in [2.05, 4.69) is 5.32 Å². The number of rotatable bonds is 9. The Morgan fingerprint density at radius 1 is 1.17 bits per heavy atom. The molecule has 0 aliphatic heterocycles. The van der Waals surface area contributed by atoms with E-state index in [-0.39, 0.29) is 19.1 Å². The molecule has 2 rings (SSSR count). The first-order valence-electron chi connectivity index (χ1n) is 9.36. The minimum Gasteiger partial charge on any atom is -0.491 e. The Bertz CT molecular complexity index is 946. The third kappa shape index (κ3) is 6.37. The van der Waals surface area contributed by atoms with E-state index < -0.39 is 16.1 Å². The van der Waals surface area contributed by atoms with Gasteiger partial charge in [-0.3, -0.25) is 9.10 Å². The van der Waals surface area contributed by atoms with Gasteiger partial charge in [0.15, 0.2) is 0 Å². The second-order valence-corrected chi connectivity index (χ2v) is 9.16. The SMILES string of the molecule is CCC(C(=O)NCCOc1ccc(C)cc1C)N(c1ccc(Cl)cc1)S(C)(=O)=O. The molecule has 0 saturated carbocycles. The summed E-state index contributed by atoms with van der Waals surface area (Å²) in [6.45, 7) is 6.29. The number of aryl methyl sites for hydroxylation is 2. The molecular formula is C21H27ClN2O4S. The molecule has 1 unspecified atom stereocenters. The smallest absolute Gasteiger partial charge is 0.244 e. The molecule has 8 heteroatoms. The number of carbonyl (C=O) groups excluding carboxylic acids is 1. The molecule has 0 saturated heterocycles. The van der Waals surface area contributed by atoms with Gasteiger partial charge in [-0.05, 0) is 56.2 Å². The molecule has 158 valence electrons. The molecule has 0 bridgehead atoms. The number of nitrogens with one attached hydrogen (secondary N) is 1. The van der Waals surface area contributed by atoms with Gasteiger partial charge in [0.1, 0.15) is 18.4 Å². The van der Waals surface area contributed by atoms with E-state index in [1.165, 1.54) is 0 Å². The molecule has 0 spiro atoms. The van der Waals surface area contributed by atoms with Crippen LogP contribution in [0.3, 0.4) is 0 Å². The van der Waals surface area contributed by atoms with Gasteiger partial charge in [0.2, 0.25) is 15.9 Å². The fraction of sp³-hybridized carbons (Fsp3) is 0.381. The molecule has 0 aliphatic rings. The van der Waals surface area contributed by atoms with E-state index in [4.69, 9.17) is 16.3 Å². The van der Waals surface area contributed by atoms with Crippen LogP contribution in [-0.2, 0) is 14.8 Å². The van der Waals surface area contributed by atoms with Gasteiger partial charge in [-0.1, -0.05) is 36.2 Å². The fourth-order valence-electron chi connectivity index (χ4n) is 3.06. The largest absolute Gasteiger partial charge is 0.491 e. The van der Waals surface area contributed by atoms with Crippen LogP contribution in [0.5, 0.6) is 5.75 Å². The molecule has 2 aromatic rings. The average molecular weight is 439 g/mol. The summed E-state index contributed by atoms with van der Waals surface area (Å²) in [6, 6.07) is 11.4. The van der Waals surface area contributed by atoms with Gasteiger partial charge >= 0.3 is 0 Å². The Balaban J connectivity index is 2.04. The van der Waals surface area contributed by atoms with Gasteiger partial charge in [0.25, 0.3) is 0 Å². The summed E-state index contributed by atoms with van der Waals surface area (Å²) in [6.07, 6.45) is 1.40. The summed E-state index contributed by atoms with van der Waals surface area (Å²) < 4.78 is 31.6. The van der Waals surface area contributed by atoms with Crippen LogP contribution >= 0.6 is 11.6 Å². The van der Waals surface area contributed by atoms with Crippen molar-refractivity contribution in [1.82, 2.24) is 5.32 Å². The topological polar surface area (TPSA) is 75.7 Å². The van der Waals surface area contributed by atoms with Gasteiger partial charge in [-0.15, -0.1) is 0 Å². The van der Waals surface area contributed by atoms with Crippen molar-refractivity contribution < 1.29 is 17.9 Å². The predicted octanol–water partition coefficient (Wildman–Crippen LogP) is 3.70. The lowest BCUT2D eigenvalue weighted by atomic mass is 10.1. The first kappa shape index (κ1) is 23.0. The summed E-state index contributed by atoms with van der Waals surface area (Å²) in [5, 5.41) is 3.26. The van der Waals surface area contributed by atoms with Crippen molar-refractivity contribution >= 4 is 33.2 Å². The molecule has 0 aromatic heterocycles. The number of halogens is 1. The number of amides is 1. The molecule has 6 nitrogen and oxygen atoms in total. The van der Waals surface area contributed by atoms with Crippen molar-refractivity contribution in [2.75, 3.05) is 23.7 Å². The van der Waals surface area contributed by atoms with E-state index in [1.807, 2.05) is 32.0 Å². The number of ether oxygens (including phenoxy) is 1. The molecule has 2 aromatic carbocycles. The van der Waals surface area contributed by atoms with Crippen molar-refractivity contribution in [3.05, 3.63) is 58.6 Å².